The molecule has 0 aromatic heterocycles. The normalized spacial score (nSPS) is 12.9. The highest BCUT2D eigenvalue weighted by Gasteiger charge is 2.08. The highest BCUT2D eigenvalue weighted by atomic mass is 16.5. The van der Waals surface area contributed by atoms with Gasteiger partial charge in [-0.3, -0.25) is 0 Å². The number of urea groups is 1. The van der Waals surface area contributed by atoms with Gasteiger partial charge < -0.3 is 20.5 Å². The summed E-state index contributed by atoms with van der Waals surface area (Å²) in [5.41, 5.74) is 0.670. The molecule has 2 amide bonds. The zero-order chi connectivity index (χ0) is 15.7. The van der Waals surface area contributed by atoms with Gasteiger partial charge in [-0.25, -0.2) is 4.79 Å². The summed E-state index contributed by atoms with van der Waals surface area (Å²) in [4.78, 5) is 11.7. The van der Waals surface area contributed by atoms with Gasteiger partial charge in [0.25, 0.3) is 0 Å². The van der Waals surface area contributed by atoms with Crippen LogP contribution in [0.3, 0.4) is 0 Å². The van der Waals surface area contributed by atoms with Crippen molar-refractivity contribution in [3.8, 4) is 18.1 Å². The van der Waals surface area contributed by atoms with Gasteiger partial charge in [-0.15, -0.1) is 6.42 Å². The van der Waals surface area contributed by atoms with Gasteiger partial charge in [0.2, 0.25) is 0 Å². The zero-order valence-corrected chi connectivity index (χ0v) is 12.4. The molecule has 0 saturated heterocycles. The Bertz CT molecular complexity index is 477. The van der Waals surface area contributed by atoms with Crippen molar-refractivity contribution < 1.29 is 14.6 Å². The minimum absolute atomic E-state index is 0.217. The molecule has 3 N–H and O–H groups in total. The van der Waals surface area contributed by atoms with Crippen molar-refractivity contribution in [1.82, 2.24) is 5.32 Å². The van der Waals surface area contributed by atoms with E-state index < -0.39 is 0 Å². The Morgan fingerprint density at radius 3 is 2.62 bits per heavy atom. The molecular weight excluding hydrogens is 268 g/mol. The van der Waals surface area contributed by atoms with Crippen LogP contribution in [0.4, 0.5) is 10.5 Å². The monoisotopic (exact) mass is 290 g/mol. The summed E-state index contributed by atoms with van der Waals surface area (Å²) in [6.07, 6.45) is 5.40. The molecule has 1 aromatic carbocycles. The van der Waals surface area contributed by atoms with Crippen LogP contribution < -0.4 is 15.4 Å². The lowest BCUT2D eigenvalue weighted by atomic mass is 10.1. The quantitative estimate of drug-likeness (QED) is 0.674. The zero-order valence-electron chi connectivity index (χ0n) is 12.4. The molecule has 0 aliphatic rings. The number of ether oxygens (including phenoxy) is 1. The second-order valence-corrected chi connectivity index (χ2v) is 5.04. The number of amides is 2. The summed E-state index contributed by atoms with van der Waals surface area (Å²) in [6, 6.07) is 6.69. The molecule has 2 unspecified atom stereocenters. The predicted octanol–water partition coefficient (Wildman–Crippen LogP) is 2.23. The molecule has 1 aromatic rings. The van der Waals surface area contributed by atoms with Crippen molar-refractivity contribution in [2.24, 2.45) is 5.92 Å². The number of aliphatic hydroxyl groups excluding tert-OH is 1. The van der Waals surface area contributed by atoms with Gasteiger partial charge in [0.15, 0.2) is 0 Å². The predicted molar refractivity (Wildman–Crippen MR) is 83.3 cm³/mol. The summed E-state index contributed by atoms with van der Waals surface area (Å²) < 4.78 is 5.24. The molecule has 0 aliphatic heterocycles. The molecule has 0 spiro atoms. The standard InChI is InChI=1S/C16H22N2O3/c1-4-9-21-15-7-5-14(6-8-15)18-16(20)17-11-12(2)10-13(3)19/h1,5-8,12-13,19H,9-11H2,2-3H3,(H2,17,18,20). The van der Waals surface area contributed by atoms with E-state index in [0.717, 1.165) is 0 Å². The van der Waals surface area contributed by atoms with E-state index in [1.165, 1.54) is 0 Å². The van der Waals surface area contributed by atoms with E-state index in [-0.39, 0.29) is 24.7 Å². The largest absolute Gasteiger partial charge is 0.481 e. The molecule has 114 valence electrons. The molecule has 0 bridgehead atoms. The first-order valence-electron chi connectivity index (χ1n) is 6.90. The molecule has 0 radical (unpaired) electrons. The van der Waals surface area contributed by atoms with E-state index in [4.69, 9.17) is 11.2 Å². The molecule has 5 nitrogen and oxygen atoms in total. The van der Waals surface area contributed by atoms with Gasteiger partial charge >= 0.3 is 6.03 Å². The minimum Gasteiger partial charge on any atom is -0.481 e. The Hall–Kier alpha value is -2.19. The van der Waals surface area contributed by atoms with Gasteiger partial charge in [0.1, 0.15) is 12.4 Å². The molecule has 0 saturated carbocycles. The third-order valence-corrected chi connectivity index (χ3v) is 2.79. The molecular formula is C16H22N2O3. The Kier molecular flexibility index (Phi) is 7.13. The van der Waals surface area contributed by atoms with Gasteiger partial charge in [-0.1, -0.05) is 12.8 Å². The van der Waals surface area contributed by atoms with Gasteiger partial charge in [0.05, 0.1) is 6.10 Å². The van der Waals surface area contributed by atoms with Crippen molar-refractivity contribution in [2.75, 3.05) is 18.5 Å². The molecule has 2 atom stereocenters. The van der Waals surface area contributed by atoms with E-state index >= 15 is 0 Å². The van der Waals surface area contributed by atoms with Crippen molar-refractivity contribution in [3.05, 3.63) is 24.3 Å². The average Bonchev–Trinajstić information content (AvgIpc) is 2.44. The minimum atomic E-state index is -0.361. The van der Waals surface area contributed by atoms with Crippen LogP contribution in [0.25, 0.3) is 0 Å². The Morgan fingerprint density at radius 1 is 1.38 bits per heavy atom. The van der Waals surface area contributed by atoms with Crippen LogP contribution in [0, 0.1) is 18.3 Å². The van der Waals surface area contributed by atoms with Crippen molar-refractivity contribution >= 4 is 11.7 Å². The fourth-order valence-corrected chi connectivity index (χ4v) is 1.87. The lowest BCUT2D eigenvalue weighted by Gasteiger charge is -2.14. The number of carbonyl (C=O) groups is 1. The van der Waals surface area contributed by atoms with E-state index in [1.807, 2.05) is 6.92 Å². The van der Waals surface area contributed by atoms with Crippen LogP contribution in [-0.2, 0) is 0 Å². The lowest BCUT2D eigenvalue weighted by Crippen LogP contribution is -2.33. The van der Waals surface area contributed by atoms with Crippen molar-refractivity contribution in [1.29, 1.82) is 0 Å². The van der Waals surface area contributed by atoms with Gasteiger partial charge in [-0.2, -0.15) is 0 Å². The number of hydrogen-bond donors (Lipinski definition) is 3. The highest BCUT2D eigenvalue weighted by molar-refractivity contribution is 5.89. The molecule has 21 heavy (non-hydrogen) atoms. The third-order valence-electron chi connectivity index (χ3n) is 2.79. The highest BCUT2D eigenvalue weighted by Crippen LogP contribution is 2.15. The number of carbonyl (C=O) groups excluding carboxylic acids is 1. The first-order chi connectivity index (χ1) is 10.0. The topological polar surface area (TPSA) is 70.6 Å². The molecule has 0 heterocycles. The smallest absolute Gasteiger partial charge is 0.319 e. The Labute approximate surface area is 125 Å². The summed E-state index contributed by atoms with van der Waals surface area (Å²) >= 11 is 0. The van der Waals surface area contributed by atoms with Crippen molar-refractivity contribution in [3.63, 3.8) is 0 Å². The van der Waals surface area contributed by atoms with E-state index in [2.05, 4.69) is 16.6 Å². The lowest BCUT2D eigenvalue weighted by molar-refractivity contribution is 0.163. The van der Waals surface area contributed by atoms with Crippen LogP contribution in [0.5, 0.6) is 5.75 Å². The molecule has 5 heteroatoms. The first kappa shape index (κ1) is 16.9. The maximum absolute atomic E-state index is 11.7. The number of benzene rings is 1. The van der Waals surface area contributed by atoms with Gasteiger partial charge in [0, 0.05) is 12.2 Å². The van der Waals surface area contributed by atoms with Crippen LogP contribution >= 0.6 is 0 Å². The number of nitrogens with one attached hydrogen (secondary N) is 2. The van der Waals surface area contributed by atoms with E-state index in [0.29, 0.717) is 24.4 Å². The average molecular weight is 290 g/mol. The fraction of sp³-hybridized carbons (Fsp3) is 0.438. The van der Waals surface area contributed by atoms with E-state index in [1.54, 1.807) is 31.2 Å². The van der Waals surface area contributed by atoms with Gasteiger partial charge in [-0.05, 0) is 43.5 Å². The molecule has 0 aliphatic carbocycles. The summed E-state index contributed by atoms with van der Waals surface area (Å²) in [6.45, 7) is 4.44. The second kappa shape index (κ2) is 8.88. The Morgan fingerprint density at radius 2 is 2.05 bits per heavy atom. The number of aliphatic hydroxyl groups is 1. The van der Waals surface area contributed by atoms with Crippen LogP contribution in [-0.4, -0.2) is 30.4 Å². The maximum atomic E-state index is 11.7. The summed E-state index contributed by atoms with van der Waals surface area (Å²) in [5.74, 6) is 3.26. The number of hydrogen-bond acceptors (Lipinski definition) is 3. The fourth-order valence-electron chi connectivity index (χ4n) is 1.87. The van der Waals surface area contributed by atoms with Crippen LogP contribution in [0.15, 0.2) is 24.3 Å². The number of rotatable bonds is 7. The molecule has 0 fully saturated rings. The van der Waals surface area contributed by atoms with E-state index in [9.17, 15) is 9.90 Å². The third kappa shape index (κ3) is 7.23. The number of terminal acetylenes is 1. The maximum Gasteiger partial charge on any atom is 0.319 e. The molecule has 1 rings (SSSR count). The van der Waals surface area contributed by atoms with Crippen molar-refractivity contribution in [2.45, 2.75) is 26.4 Å². The summed E-state index contributed by atoms with van der Waals surface area (Å²) in [5, 5.41) is 14.8. The second-order valence-electron chi connectivity index (χ2n) is 5.04. The Balaban J connectivity index is 2.36. The summed E-state index contributed by atoms with van der Waals surface area (Å²) in [7, 11) is 0. The number of anilines is 1. The SMILES string of the molecule is C#CCOc1ccc(NC(=O)NCC(C)CC(C)O)cc1. The van der Waals surface area contributed by atoms with Crippen LogP contribution in [0.1, 0.15) is 20.3 Å². The first-order valence-corrected chi connectivity index (χ1v) is 6.90. The van der Waals surface area contributed by atoms with Crippen LogP contribution in [0.2, 0.25) is 0 Å².